The fourth-order valence-corrected chi connectivity index (χ4v) is 4.21. The van der Waals surface area contributed by atoms with Crippen molar-refractivity contribution in [3.05, 3.63) is 52.5 Å². The van der Waals surface area contributed by atoms with Crippen molar-refractivity contribution in [2.75, 3.05) is 19.8 Å². The van der Waals surface area contributed by atoms with Crippen LogP contribution in [0.5, 0.6) is 17.2 Å². The van der Waals surface area contributed by atoms with E-state index in [2.05, 4.69) is 21.2 Å². The number of hydrogen-bond acceptors (Lipinski definition) is 4. The van der Waals surface area contributed by atoms with E-state index in [-0.39, 0.29) is 18.1 Å². The summed E-state index contributed by atoms with van der Waals surface area (Å²) in [5.74, 6) is 2.06. The normalized spacial score (nSPS) is 17.4. The maximum Gasteiger partial charge on any atom is 0.258 e. The van der Waals surface area contributed by atoms with Crippen molar-refractivity contribution in [3.63, 3.8) is 0 Å². The molecule has 0 bridgehead atoms. The largest absolute Gasteiger partial charge is 0.486 e. The van der Waals surface area contributed by atoms with Crippen molar-refractivity contribution in [1.82, 2.24) is 5.32 Å². The molecule has 0 radical (unpaired) electrons. The van der Waals surface area contributed by atoms with Crippen LogP contribution in [0.25, 0.3) is 0 Å². The average molecular weight is 432 g/mol. The van der Waals surface area contributed by atoms with Crippen LogP contribution in [-0.2, 0) is 10.3 Å². The highest BCUT2D eigenvalue weighted by Crippen LogP contribution is 2.42. The molecule has 0 aromatic heterocycles. The molecule has 0 unspecified atom stereocenters. The Morgan fingerprint density at radius 3 is 2.59 bits per heavy atom. The molecule has 5 nitrogen and oxygen atoms in total. The van der Waals surface area contributed by atoms with Gasteiger partial charge in [-0.1, -0.05) is 31.0 Å². The summed E-state index contributed by atoms with van der Waals surface area (Å²) in [5, 5.41) is 3.23. The number of para-hydroxylation sites is 1. The summed E-state index contributed by atoms with van der Waals surface area (Å²) in [5.41, 5.74) is 0.697. The van der Waals surface area contributed by atoms with Crippen LogP contribution in [0.1, 0.15) is 31.2 Å². The van der Waals surface area contributed by atoms with Gasteiger partial charge in [0.15, 0.2) is 18.1 Å². The first-order chi connectivity index (χ1) is 13.2. The fourth-order valence-electron chi connectivity index (χ4n) is 3.81. The predicted molar refractivity (Wildman–Crippen MR) is 105 cm³/mol. The lowest BCUT2D eigenvalue weighted by molar-refractivity contribution is -0.125. The van der Waals surface area contributed by atoms with Crippen molar-refractivity contribution >= 4 is 21.8 Å². The van der Waals surface area contributed by atoms with Gasteiger partial charge in [-0.05, 0) is 58.6 Å². The molecule has 1 aliphatic carbocycles. The summed E-state index contributed by atoms with van der Waals surface area (Å²) in [6.07, 6.45) is 3.99. The van der Waals surface area contributed by atoms with Crippen LogP contribution in [0, 0.1) is 0 Å². The lowest BCUT2D eigenvalue weighted by Gasteiger charge is -2.32. The zero-order valence-corrected chi connectivity index (χ0v) is 16.6. The molecule has 1 aliphatic heterocycles. The lowest BCUT2D eigenvalue weighted by Crippen LogP contribution is -2.45. The minimum atomic E-state index is -0.371. The fraction of sp³-hybridized carbons (Fsp3) is 0.381. The van der Waals surface area contributed by atoms with Gasteiger partial charge in [0.2, 0.25) is 0 Å². The number of hydrogen-bond donors (Lipinski definition) is 1. The highest BCUT2D eigenvalue weighted by molar-refractivity contribution is 9.10. The molecule has 1 heterocycles. The maximum atomic E-state index is 12.6. The first kappa shape index (κ1) is 18.2. The Morgan fingerprint density at radius 1 is 1.07 bits per heavy atom. The van der Waals surface area contributed by atoms with Crippen LogP contribution in [0.2, 0.25) is 0 Å². The molecule has 2 aromatic rings. The minimum Gasteiger partial charge on any atom is -0.486 e. The van der Waals surface area contributed by atoms with Crippen molar-refractivity contribution in [2.45, 2.75) is 31.2 Å². The quantitative estimate of drug-likeness (QED) is 0.770. The third-order valence-corrected chi connectivity index (χ3v) is 5.78. The van der Waals surface area contributed by atoms with Gasteiger partial charge in [0.05, 0.1) is 10.0 Å². The van der Waals surface area contributed by atoms with E-state index in [1.54, 1.807) is 0 Å². The van der Waals surface area contributed by atoms with Gasteiger partial charge in [0, 0.05) is 0 Å². The van der Waals surface area contributed by atoms with E-state index in [0.717, 1.165) is 47.2 Å². The Balaban J connectivity index is 1.49. The number of carbonyl (C=O) groups is 1. The summed E-state index contributed by atoms with van der Waals surface area (Å²) in [6, 6.07) is 13.5. The number of ether oxygens (including phenoxy) is 3. The molecule has 2 aromatic carbocycles. The predicted octanol–water partition coefficient (Wildman–Crippen LogP) is 4.18. The van der Waals surface area contributed by atoms with Gasteiger partial charge in [0.1, 0.15) is 19.0 Å². The summed E-state index contributed by atoms with van der Waals surface area (Å²) >= 11 is 3.43. The zero-order chi connectivity index (χ0) is 18.7. The topological polar surface area (TPSA) is 56.8 Å². The number of amides is 1. The molecule has 1 fully saturated rings. The van der Waals surface area contributed by atoms with E-state index >= 15 is 0 Å². The highest BCUT2D eigenvalue weighted by Gasteiger charge is 2.38. The van der Waals surface area contributed by atoms with Gasteiger partial charge < -0.3 is 19.5 Å². The first-order valence-corrected chi connectivity index (χ1v) is 10.0. The molecule has 27 heavy (non-hydrogen) atoms. The Morgan fingerprint density at radius 2 is 1.81 bits per heavy atom. The monoisotopic (exact) mass is 431 g/mol. The van der Waals surface area contributed by atoms with E-state index in [4.69, 9.17) is 14.2 Å². The molecule has 0 saturated heterocycles. The summed E-state index contributed by atoms with van der Waals surface area (Å²) in [7, 11) is 0. The molecular formula is C21H22BrNO4. The van der Waals surface area contributed by atoms with Crippen LogP contribution in [-0.4, -0.2) is 25.7 Å². The molecule has 0 spiro atoms. The Labute approximate surface area is 167 Å². The van der Waals surface area contributed by atoms with Crippen LogP contribution in [0.4, 0.5) is 0 Å². The van der Waals surface area contributed by atoms with E-state index < -0.39 is 0 Å². The second kappa shape index (κ2) is 7.80. The van der Waals surface area contributed by atoms with Crippen LogP contribution >= 0.6 is 15.9 Å². The van der Waals surface area contributed by atoms with E-state index in [1.807, 2.05) is 42.5 Å². The molecule has 1 amide bonds. The van der Waals surface area contributed by atoms with Crippen molar-refractivity contribution in [3.8, 4) is 17.2 Å². The number of benzene rings is 2. The Bertz CT molecular complexity index is 833. The minimum absolute atomic E-state index is 0.0189. The van der Waals surface area contributed by atoms with E-state index in [0.29, 0.717) is 19.0 Å². The van der Waals surface area contributed by atoms with Crippen LogP contribution < -0.4 is 19.5 Å². The van der Waals surface area contributed by atoms with Gasteiger partial charge in [0.25, 0.3) is 5.91 Å². The molecule has 4 rings (SSSR count). The Hall–Kier alpha value is -2.21. The molecule has 2 aliphatic rings. The summed E-state index contributed by atoms with van der Waals surface area (Å²) in [6.45, 7) is 1.10. The summed E-state index contributed by atoms with van der Waals surface area (Å²) in [4.78, 5) is 12.6. The van der Waals surface area contributed by atoms with Gasteiger partial charge in [-0.2, -0.15) is 0 Å². The SMILES string of the molecule is O=C(COc1ccccc1Br)NC1(c2ccc3c(c2)OCCO3)CCCC1. The van der Waals surface area contributed by atoms with Crippen LogP contribution in [0.3, 0.4) is 0 Å². The number of fused-ring (bicyclic) bond motifs is 1. The highest BCUT2D eigenvalue weighted by atomic mass is 79.9. The van der Waals surface area contributed by atoms with Gasteiger partial charge in [-0.25, -0.2) is 0 Å². The second-order valence-electron chi connectivity index (χ2n) is 6.91. The van der Waals surface area contributed by atoms with Gasteiger partial charge in [-0.3, -0.25) is 4.79 Å². The lowest BCUT2D eigenvalue weighted by atomic mass is 9.87. The maximum absolute atomic E-state index is 12.6. The molecule has 1 N–H and O–H groups in total. The smallest absolute Gasteiger partial charge is 0.258 e. The summed E-state index contributed by atoms with van der Waals surface area (Å²) < 4.78 is 17.9. The average Bonchev–Trinajstić information content (AvgIpc) is 3.16. The van der Waals surface area contributed by atoms with Crippen LogP contribution in [0.15, 0.2) is 46.9 Å². The number of halogens is 1. The van der Waals surface area contributed by atoms with Crippen molar-refractivity contribution < 1.29 is 19.0 Å². The second-order valence-corrected chi connectivity index (χ2v) is 7.77. The molecule has 142 valence electrons. The number of nitrogens with one attached hydrogen (secondary N) is 1. The van der Waals surface area contributed by atoms with E-state index in [9.17, 15) is 4.79 Å². The first-order valence-electron chi connectivity index (χ1n) is 9.25. The molecule has 1 saturated carbocycles. The zero-order valence-electron chi connectivity index (χ0n) is 15.0. The van der Waals surface area contributed by atoms with E-state index in [1.165, 1.54) is 0 Å². The van der Waals surface area contributed by atoms with Crippen molar-refractivity contribution in [1.29, 1.82) is 0 Å². The van der Waals surface area contributed by atoms with Gasteiger partial charge >= 0.3 is 0 Å². The third kappa shape index (κ3) is 3.90. The van der Waals surface area contributed by atoms with Crippen molar-refractivity contribution in [2.24, 2.45) is 0 Å². The molecule has 0 atom stereocenters. The molecular weight excluding hydrogens is 410 g/mol. The number of carbonyl (C=O) groups excluding carboxylic acids is 1. The molecule has 6 heteroatoms. The standard InChI is InChI=1S/C21H22BrNO4/c22-16-5-1-2-6-17(16)27-14-20(24)23-21(9-3-4-10-21)15-7-8-18-19(13-15)26-12-11-25-18/h1-2,5-8,13H,3-4,9-12,14H2,(H,23,24). The third-order valence-electron chi connectivity index (χ3n) is 5.13. The number of rotatable bonds is 5. The Kier molecular flexibility index (Phi) is 5.25. The van der Waals surface area contributed by atoms with Gasteiger partial charge in [-0.15, -0.1) is 0 Å².